The predicted molar refractivity (Wildman–Crippen MR) is 73.0 cm³/mol. The molecule has 0 bridgehead atoms. The van der Waals surface area contributed by atoms with Crippen LogP contribution >= 0.6 is 0 Å². The average molecular weight is 303 g/mol. The molecule has 114 valence electrons. The molecule has 0 aromatic rings. The van der Waals surface area contributed by atoms with Crippen LogP contribution in [0.5, 0.6) is 0 Å². The van der Waals surface area contributed by atoms with E-state index in [1.807, 2.05) is 33.9 Å². The minimum Gasteiger partial charge on any atom is -0.480 e. The van der Waals surface area contributed by atoms with Gasteiger partial charge in [0.15, 0.2) is 8.32 Å². The molecular weight excluding hydrogens is 282 g/mol. The topological polar surface area (TPSA) is 104 Å². The molecule has 0 aromatic carbocycles. The highest BCUT2D eigenvalue weighted by atomic mass is 28.4. The average Bonchev–Trinajstić information content (AvgIpc) is 2.54. The van der Waals surface area contributed by atoms with E-state index in [4.69, 9.17) is 14.6 Å². The number of carboxylic acid groups (broad SMARTS) is 2. The summed E-state index contributed by atoms with van der Waals surface area (Å²) in [7, 11) is -2.27. The molecule has 2 atom stereocenters. The van der Waals surface area contributed by atoms with Gasteiger partial charge < -0.3 is 14.6 Å². The standard InChI is InChI=1S/C12H21NO6Si/c1-12(2,3)20(4,5)19-8-6-7(10(15)16)13(9(8)14)11(17)18/h7-8H,6H2,1-5H3,(H,15,16)(H,17,18)/t7-,8-/m0/s1. The molecule has 1 aliphatic heterocycles. The molecule has 0 radical (unpaired) electrons. The van der Waals surface area contributed by atoms with Crippen molar-refractivity contribution in [3.8, 4) is 0 Å². The quantitative estimate of drug-likeness (QED) is 0.770. The van der Waals surface area contributed by atoms with Gasteiger partial charge in [0.1, 0.15) is 12.1 Å². The van der Waals surface area contributed by atoms with E-state index in [0.29, 0.717) is 4.90 Å². The summed E-state index contributed by atoms with van der Waals surface area (Å²) in [5, 5.41) is 17.9. The summed E-state index contributed by atoms with van der Waals surface area (Å²) in [4.78, 5) is 34.5. The number of carboxylic acids is 1. The van der Waals surface area contributed by atoms with E-state index in [1.165, 1.54) is 0 Å². The molecule has 2 amide bonds. The molecule has 1 saturated heterocycles. The zero-order valence-corrected chi connectivity index (χ0v) is 13.3. The van der Waals surface area contributed by atoms with Crippen molar-refractivity contribution in [3.05, 3.63) is 0 Å². The van der Waals surface area contributed by atoms with Gasteiger partial charge in [0.25, 0.3) is 5.91 Å². The van der Waals surface area contributed by atoms with E-state index in [9.17, 15) is 14.4 Å². The highest BCUT2D eigenvalue weighted by Crippen LogP contribution is 2.39. The third-order valence-electron chi connectivity index (χ3n) is 4.00. The van der Waals surface area contributed by atoms with E-state index < -0.39 is 38.4 Å². The lowest BCUT2D eigenvalue weighted by atomic mass is 10.2. The largest absolute Gasteiger partial charge is 0.480 e. The molecule has 1 rings (SSSR count). The van der Waals surface area contributed by atoms with E-state index in [2.05, 4.69) is 0 Å². The molecule has 0 aromatic heterocycles. The van der Waals surface area contributed by atoms with Gasteiger partial charge in [-0.25, -0.2) is 14.5 Å². The number of carbonyl (C=O) groups is 3. The van der Waals surface area contributed by atoms with Crippen molar-refractivity contribution in [2.75, 3.05) is 0 Å². The molecule has 0 aliphatic carbocycles. The SMILES string of the molecule is CC(C)(C)[Si](C)(C)O[C@H]1C[C@@H](C(=O)O)N(C(=O)O)C1=O. The zero-order valence-electron chi connectivity index (χ0n) is 12.3. The number of aliphatic carboxylic acids is 1. The summed E-state index contributed by atoms with van der Waals surface area (Å²) < 4.78 is 5.86. The molecule has 20 heavy (non-hydrogen) atoms. The van der Waals surface area contributed by atoms with Gasteiger partial charge in [-0.15, -0.1) is 0 Å². The van der Waals surface area contributed by atoms with Gasteiger partial charge in [-0.2, -0.15) is 0 Å². The van der Waals surface area contributed by atoms with Crippen LogP contribution in [0, 0.1) is 0 Å². The fourth-order valence-corrected chi connectivity index (χ4v) is 3.05. The Balaban J connectivity index is 2.98. The van der Waals surface area contributed by atoms with Crippen LogP contribution in [0.2, 0.25) is 18.1 Å². The summed E-state index contributed by atoms with van der Waals surface area (Å²) in [6, 6.07) is -1.37. The van der Waals surface area contributed by atoms with Crippen molar-refractivity contribution in [2.45, 2.75) is 57.5 Å². The van der Waals surface area contributed by atoms with Crippen LogP contribution in [0.25, 0.3) is 0 Å². The van der Waals surface area contributed by atoms with Gasteiger partial charge in [-0.1, -0.05) is 20.8 Å². The van der Waals surface area contributed by atoms with Crippen molar-refractivity contribution in [2.24, 2.45) is 0 Å². The lowest BCUT2D eigenvalue weighted by Gasteiger charge is -2.37. The summed E-state index contributed by atoms with van der Waals surface area (Å²) >= 11 is 0. The van der Waals surface area contributed by atoms with E-state index in [0.717, 1.165) is 0 Å². The van der Waals surface area contributed by atoms with Crippen molar-refractivity contribution in [1.29, 1.82) is 0 Å². The van der Waals surface area contributed by atoms with Gasteiger partial charge in [0, 0.05) is 6.42 Å². The Morgan fingerprint density at radius 2 is 1.80 bits per heavy atom. The van der Waals surface area contributed by atoms with Crippen LogP contribution in [0.15, 0.2) is 0 Å². The first kappa shape index (κ1) is 16.6. The third-order valence-corrected chi connectivity index (χ3v) is 8.48. The second kappa shape index (κ2) is 5.17. The van der Waals surface area contributed by atoms with Crippen LogP contribution in [-0.2, 0) is 14.0 Å². The van der Waals surface area contributed by atoms with Crippen LogP contribution in [0.4, 0.5) is 4.79 Å². The first-order valence-corrected chi connectivity index (χ1v) is 9.26. The molecule has 7 nitrogen and oxygen atoms in total. The Morgan fingerprint density at radius 3 is 2.10 bits per heavy atom. The molecule has 0 unspecified atom stereocenters. The van der Waals surface area contributed by atoms with Gasteiger partial charge >= 0.3 is 12.1 Å². The fraction of sp³-hybridized carbons (Fsp3) is 0.750. The maximum Gasteiger partial charge on any atom is 0.414 e. The minimum atomic E-state index is -2.27. The number of imide groups is 1. The van der Waals surface area contributed by atoms with Crippen molar-refractivity contribution >= 4 is 26.3 Å². The lowest BCUT2D eigenvalue weighted by Crippen LogP contribution is -2.47. The van der Waals surface area contributed by atoms with Crippen molar-refractivity contribution in [3.63, 3.8) is 0 Å². The lowest BCUT2D eigenvalue weighted by molar-refractivity contribution is -0.145. The second-order valence-corrected chi connectivity index (χ2v) is 11.2. The Labute approximate surface area is 118 Å². The van der Waals surface area contributed by atoms with Crippen LogP contribution in [0.3, 0.4) is 0 Å². The zero-order chi connectivity index (χ0) is 15.9. The summed E-state index contributed by atoms with van der Waals surface area (Å²) in [5.74, 6) is -2.11. The second-order valence-electron chi connectivity index (χ2n) is 6.45. The number of rotatable bonds is 3. The van der Waals surface area contributed by atoms with Gasteiger partial charge in [0.05, 0.1) is 0 Å². The smallest absolute Gasteiger partial charge is 0.414 e. The van der Waals surface area contributed by atoms with Gasteiger partial charge in [-0.05, 0) is 18.1 Å². The summed E-state index contributed by atoms with van der Waals surface area (Å²) in [6.45, 7) is 9.83. The monoisotopic (exact) mass is 303 g/mol. The van der Waals surface area contributed by atoms with Gasteiger partial charge in [-0.3, -0.25) is 4.79 Å². The molecule has 2 N–H and O–H groups in total. The number of likely N-dealkylation sites (tertiary alicyclic amines) is 1. The highest BCUT2D eigenvalue weighted by molar-refractivity contribution is 6.74. The Bertz CT molecular complexity index is 442. The van der Waals surface area contributed by atoms with E-state index in [-0.39, 0.29) is 11.5 Å². The predicted octanol–water partition coefficient (Wildman–Crippen LogP) is 1.74. The van der Waals surface area contributed by atoms with Crippen LogP contribution < -0.4 is 0 Å². The highest BCUT2D eigenvalue weighted by Gasteiger charge is 2.51. The summed E-state index contributed by atoms with van der Waals surface area (Å²) in [6.07, 6.45) is -2.68. The number of hydrogen-bond acceptors (Lipinski definition) is 4. The maximum absolute atomic E-state index is 12.0. The van der Waals surface area contributed by atoms with E-state index >= 15 is 0 Å². The number of nitrogens with zero attached hydrogens (tertiary/aromatic N) is 1. The Morgan fingerprint density at radius 1 is 1.30 bits per heavy atom. The number of amides is 2. The molecule has 0 saturated carbocycles. The molecular formula is C12H21NO6Si. The maximum atomic E-state index is 12.0. The molecule has 8 heteroatoms. The first-order chi connectivity index (χ1) is 8.88. The number of hydrogen-bond donors (Lipinski definition) is 2. The Hall–Kier alpha value is -1.41. The van der Waals surface area contributed by atoms with E-state index in [1.54, 1.807) is 0 Å². The molecule has 1 aliphatic rings. The molecule has 0 spiro atoms. The van der Waals surface area contributed by atoms with Crippen molar-refractivity contribution in [1.82, 2.24) is 4.90 Å². The molecule has 1 heterocycles. The van der Waals surface area contributed by atoms with Crippen LogP contribution in [0.1, 0.15) is 27.2 Å². The third kappa shape index (κ3) is 3.01. The summed E-state index contributed by atoms with van der Waals surface area (Å²) in [5.41, 5.74) is 0. The number of carbonyl (C=O) groups excluding carboxylic acids is 1. The molecule has 1 fully saturated rings. The minimum absolute atomic E-state index is 0.132. The van der Waals surface area contributed by atoms with Crippen molar-refractivity contribution < 1.29 is 29.0 Å². The van der Waals surface area contributed by atoms with Gasteiger partial charge in [0.2, 0.25) is 0 Å². The Kier molecular flexibility index (Phi) is 4.30. The fourth-order valence-electron chi connectivity index (χ4n) is 1.79. The van der Waals surface area contributed by atoms with Crippen LogP contribution in [-0.4, -0.2) is 53.5 Å². The first-order valence-electron chi connectivity index (χ1n) is 6.35. The normalized spacial score (nSPS) is 24.1.